The molecule has 0 aliphatic heterocycles. The van der Waals surface area contributed by atoms with E-state index in [0.29, 0.717) is 0 Å². The summed E-state index contributed by atoms with van der Waals surface area (Å²) in [7, 11) is 0. The summed E-state index contributed by atoms with van der Waals surface area (Å²) in [6, 6.07) is 2.11. The Hall–Kier alpha value is -1.20. The van der Waals surface area contributed by atoms with Gasteiger partial charge in [0, 0.05) is 6.54 Å². The van der Waals surface area contributed by atoms with Gasteiger partial charge in [0.1, 0.15) is 12.2 Å². The summed E-state index contributed by atoms with van der Waals surface area (Å²) in [6.45, 7) is 1.61. The third kappa shape index (κ3) is 2.37. The quantitative estimate of drug-likeness (QED) is 0.767. The maximum absolute atomic E-state index is 4.01. The summed E-state index contributed by atoms with van der Waals surface area (Å²) in [6.07, 6.45) is 1.52. The lowest BCUT2D eigenvalue weighted by Gasteiger charge is -1.98. The topological polar surface area (TPSA) is 53.6 Å². The Morgan fingerprint density at radius 1 is 1.46 bits per heavy atom. The molecule has 2 rings (SSSR count). The zero-order valence-corrected chi connectivity index (χ0v) is 7.84. The molecule has 68 valence electrons. The van der Waals surface area contributed by atoms with Crippen molar-refractivity contribution in [3.8, 4) is 0 Å². The Morgan fingerprint density at radius 3 is 3.15 bits per heavy atom. The number of hydrogen-bond donors (Lipinski definition) is 2. The second kappa shape index (κ2) is 4.15. The van der Waals surface area contributed by atoms with E-state index in [9.17, 15) is 0 Å². The zero-order chi connectivity index (χ0) is 8.93. The second-order valence-electron chi connectivity index (χ2n) is 2.67. The molecule has 2 aromatic heterocycles. The number of aromatic amines is 1. The van der Waals surface area contributed by atoms with Gasteiger partial charge in [0.15, 0.2) is 0 Å². The van der Waals surface area contributed by atoms with Crippen LogP contribution in [0.1, 0.15) is 11.4 Å². The number of aromatic nitrogens is 3. The maximum Gasteiger partial charge on any atom is 0.138 e. The molecule has 5 heteroatoms. The molecule has 2 N–H and O–H groups in total. The van der Waals surface area contributed by atoms with Gasteiger partial charge in [0.2, 0.25) is 0 Å². The molecule has 0 aromatic carbocycles. The van der Waals surface area contributed by atoms with Crippen LogP contribution in [-0.2, 0) is 13.1 Å². The van der Waals surface area contributed by atoms with E-state index in [1.54, 1.807) is 11.3 Å². The Bertz CT molecular complexity index is 293. The Labute approximate surface area is 80.0 Å². The average Bonchev–Trinajstić information content (AvgIpc) is 2.75. The lowest BCUT2D eigenvalue weighted by Crippen LogP contribution is -2.13. The first-order valence-corrected chi connectivity index (χ1v) is 4.95. The predicted octanol–water partition coefficient (Wildman–Crippen LogP) is 1.16. The molecule has 0 fully saturated rings. The molecule has 0 amide bonds. The van der Waals surface area contributed by atoms with Crippen molar-refractivity contribution in [3.05, 3.63) is 34.5 Å². The smallest absolute Gasteiger partial charge is 0.138 e. The molecule has 13 heavy (non-hydrogen) atoms. The first-order valence-electron chi connectivity index (χ1n) is 4.01. The highest BCUT2D eigenvalue weighted by atomic mass is 32.1. The van der Waals surface area contributed by atoms with Crippen LogP contribution in [0, 0.1) is 0 Å². The van der Waals surface area contributed by atoms with Gasteiger partial charge in [-0.2, -0.15) is 16.4 Å². The summed E-state index contributed by atoms with van der Waals surface area (Å²) >= 11 is 1.71. The lowest BCUT2D eigenvalue weighted by molar-refractivity contribution is 0.666. The molecule has 0 saturated heterocycles. The van der Waals surface area contributed by atoms with Crippen LogP contribution >= 0.6 is 11.3 Å². The molecule has 0 atom stereocenters. The van der Waals surface area contributed by atoms with Gasteiger partial charge in [-0.05, 0) is 22.4 Å². The molecule has 0 bridgehead atoms. The van der Waals surface area contributed by atoms with Crippen molar-refractivity contribution >= 4 is 11.3 Å². The Kier molecular flexibility index (Phi) is 2.68. The van der Waals surface area contributed by atoms with E-state index in [4.69, 9.17) is 0 Å². The van der Waals surface area contributed by atoms with Crippen molar-refractivity contribution in [1.82, 2.24) is 20.5 Å². The highest BCUT2D eigenvalue weighted by molar-refractivity contribution is 7.07. The fourth-order valence-electron chi connectivity index (χ4n) is 1.03. The van der Waals surface area contributed by atoms with Crippen molar-refractivity contribution in [1.29, 1.82) is 0 Å². The van der Waals surface area contributed by atoms with Crippen LogP contribution in [0.25, 0.3) is 0 Å². The Morgan fingerprint density at radius 2 is 2.46 bits per heavy atom. The van der Waals surface area contributed by atoms with Crippen LogP contribution in [0.15, 0.2) is 23.2 Å². The second-order valence-corrected chi connectivity index (χ2v) is 3.45. The van der Waals surface area contributed by atoms with E-state index in [1.807, 2.05) is 0 Å². The number of thiophene rings is 1. The highest BCUT2D eigenvalue weighted by Crippen LogP contribution is 2.04. The van der Waals surface area contributed by atoms with Crippen LogP contribution in [0.3, 0.4) is 0 Å². The van der Waals surface area contributed by atoms with E-state index in [0.717, 1.165) is 18.9 Å². The lowest BCUT2D eigenvalue weighted by atomic mass is 10.3. The molecule has 2 aromatic rings. The van der Waals surface area contributed by atoms with Gasteiger partial charge in [0.05, 0.1) is 6.54 Å². The number of nitrogens with one attached hydrogen (secondary N) is 2. The van der Waals surface area contributed by atoms with Gasteiger partial charge in [-0.25, -0.2) is 4.98 Å². The molecule has 0 unspecified atom stereocenters. The zero-order valence-electron chi connectivity index (χ0n) is 7.03. The van der Waals surface area contributed by atoms with Gasteiger partial charge in [-0.1, -0.05) is 0 Å². The molecular formula is C8H10N4S. The van der Waals surface area contributed by atoms with Gasteiger partial charge >= 0.3 is 0 Å². The van der Waals surface area contributed by atoms with E-state index in [1.165, 1.54) is 11.9 Å². The van der Waals surface area contributed by atoms with Crippen molar-refractivity contribution < 1.29 is 0 Å². The van der Waals surface area contributed by atoms with E-state index < -0.39 is 0 Å². The summed E-state index contributed by atoms with van der Waals surface area (Å²) < 4.78 is 0. The first kappa shape index (κ1) is 8.40. The predicted molar refractivity (Wildman–Crippen MR) is 51.2 cm³/mol. The van der Waals surface area contributed by atoms with Crippen LogP contribution in [0.4, 0.5) is 0 Å². The van der Waals surface area contributed by atoms with Crippen molar-refractivity contribution in [2.24, 2.45) is 0 Å². The van der Waals surface area contributed by atoms with Crippen LogP contribution < -0.4 is 5.32 Å². The molecular weight excluding hydrogens is 184 g/mol. The van der Waals surface area contributed by atoms with E-state index in [2.05, 4.69) is 37.3 Å². The van der Waals surface area contributed by atoms with Gasteiger partial charge in [-0.3, -0.25) is 5.10 Å². The molecule has 0 saturated carbocycles. The van der Waals surface area contributed by atoms with Crippen LogP contribution in [0.5, 0.6) is 0 Å². The van der Waals surface area contributed by atoms with Gasteiger partial charge in [-0.15, -0.1) is 0 Å². The van der Waals surface area contributed by atoms with Crippen molar-refractivity contribution in [3.63, 3.8) is 0 Å². The molecule has 0 radical (unpaired) electrons. The number of H-pyrrole nitrogens is 1. The molecule has 0 aliphatic rings. The third-order valence-electron chi connectivity index (χ3n) is 1.67. The van der Waals surface area contributed by atoms with Crippen LogP contribution in [0.2, 0.25) is 0 Å². The summed E-state index contributed by atoms with van der Waals surface area (Å²) in [5.74, 6) is 0.871. The maximum atomic E-state index is 4.01. The minimum atomic E-state index is 0.732. The van der Waals surface area contributed by atoms with E-state index >= 15 is 0 Å². The monoisotopic (exact) mass is 194 g/mol. The van der Waals surface area contributed by atoms with Crippen LogP contribution in [-0.4, -0.2) is 15.2 Å². The SMILES string of the molecule is c1n[nH]c(CNCc2ccsc2)n1. The molecule has 0 spiro atoms. The fourth-order valence-corrected chi connectivity index (χ4v) is 1.70. The van der Waals surface area contributed by atoms with E-state index in [-0.39, 0.29) is 0 Å². The standard InChI is InChI=1S/C8H10N4S/c1-2-13-5-7(1)3-9-4-8-10-6-11-12-8/h1-2,5-6,9H,3-4H2,(H,10,11,12). The normalized spacial score (nSPS) is 10.5. The van der Waals surface area contributed by atoms with Crippen molar-refractivity contribution in [2.75, 3.05) is 0 Å². The third-order valence-corrected chi connectivity index (χ3v) is 2.40. The fraction of sp³-hybridized carbons (Fsp3) is 0.250. The van der Waals surface area contributed by atoms with Gasteiger partial charge in [0.25, 0.3) is 0 Å². The summed E-state index contributed by atoms with van der Waals surface area (Å²) in [5, 5.41) is 14.0. The summed E-state index contributed by atoms with van der Waals surface area (Å²) in [4.78, 5) is 4.01. The Balaban J connectivity index is 1.76. The largest absolute Gasteiger partial charge is 0.306 e. The number of nitrogens with zero attached hydrogens (tertiary/aromatic N) is 2. The molecule has 2 heterocycles. The van der Waals surface area contributed by atoms with Crippen molar-refractivity contribution in [2.45, 2.75) is 13.1 Å². The average molecular weight is 194 g/mol. The van der Waals surface area contributed by atoms with Gasteiger partial charge < -0.3 is 5.32 Å². The highest BCUT2D eigenvalue weighted by Gasteiger charge is 1.95. The molecule has 0 aliphatic carbocycles. The summed E-state index contributed by atoms with van der Waals surface area (Å²) in [5.41, 5.74) is 1.31. The first-order chi connectivity index (χ1) is 6.45. The minimum Gasteiger partial charge on any atom is -0.306 e. The number of rotatable bonds is 4. The number of hydrogen-bond acceptors (Lipinski definition) is 4. The minimum absolute atomic E-state index is 0.732. The molecule has 4 nitrogen and oxygen atoms in total.